The number of halogens is 3. The quantitative estimate of drug-likeness (QED) is 0.892. The largest absolute Gasteiger partial charge is 0.422 e. The number of nitrogens with zero attached hydrogens (tertiary/aromatic N) is 2. The first-order valence-corrected chi connectivity index (χ1v) is 7.03. The minimum atomic E-state index is -5.00. The molecule has 1 unspecified atom stereocenters. The Hall–Kier alpha value is -2.35. The highest BCUT2D eigenvalue weighted by Crippen LogP contribution is 2.50. The van der Waals surface area contributed by atoms with Gasteiger partial charge in [-0.1, -0.05) is 30.3 Å². The lowest BCUT2D eigenvalue weighted by molar-refractivity contribution is -0.267. The van der Waals surface area contributed by atoms with Gasteiger partial charge in [-0.15, -0.1) is 0 Å². The molecule has 1 aliphatic heterocycles. The number of aryl methyl sites for hydroxylation is 1. The maximum atomic E-state index is 13.5. The molecule has 0 saturated heterocycles. The van der Waals surface area contributed by atoms with E-state index in [1.807, 2.05) is 0 Å². The summed E-state index contributed by atoms with van der Waals surface area (Å²) in [6, 6.07) is 8.28. The van der Waals surface area contributed by atoms with Crippen LogP contribution in [-0.2, 0) is 16.9 Å². The number of rotatable bonds is 2. The lowest BCUT2D eigenvalue weighted by atomic mass is 9.84. The summed E-state index contributed by atoms with van der Waals surface area (Å²) in [6.45, 7) is 1.94. The summed E-state index contributed by atoms with van der Waals surface area (Å²) in [5.74, 6) is -1.01. The van der Waals surface area contributed by atoms with E-state index in [9.17, 15) is 23.1 Å². The van der Waals surface area contributed by atoms with Gasteiger partial charge in [0, 0.05) is 12.1 Å². The van der Waals surface area contributed by atoms with Crippen molar-refractivity contribution in [3.05, 3.63) is 35.9 Å². The Bertz CT molecular complexity index is 755. The number of aromatic nitrogens is 2. The second-order valence-electron chi connectivity index (χ2n) is 5.34. The summed E-state index contributed by atoms with van der Waals surface area (Å²) in [6.07, 6.45) is -6.08. The van der Waals surface area contributed by atoms with Crippen molar-refractivity contribution >= 4 is 11.7 Å². The van der Waals surface area contributed by atoms with Crippen molar-refractivity contribution in [2.75, 3.05) is 5.32 Å². The number of anilines is 1. The van der Waals surface area contributed by atoms with Crippen molar-refractivity contribution < 1.29 is 23.1 Å². The molecule has 1 aliphatic rings. The van der Waals surface area contributed by atoms with Crippen LogP contribution in [0.4, 0.5) is 19.0 Å². The highest BCUT2D eigenvalue weighted by molar-refractivity contribution is 5.96. The highest BCUT2D eigenvalue weighted by Gasteiger charge is 2.61. The molecule has 8 heteroatoms. The van der Waals surface area contributed by atoms with Crippen LogP contribution in [0.25, 0.3) is 11.3 Å². The summed E-state index contributed by atoms with van der Waals surface area (Å²) in [7, 11) is 0. The van der Waals surface area contributed by atoms with Crippen LogP contribution in [0.1, 0.15) is 18.9 Å². The number of amides is 1. The predicted molar refractivity (Wildman–Crippen MR) is 76.5 cm³/mol. The predicted octanol–water partition coefficient (Wildman–Crippen LogP) is 2.66. The number of carbonyl (C=O) groups excluding carboxylic acids is 1. The lowest BCUT2D eigenvalue weighted by Crippen LogP contribution is -2.48. The molecule has 0 radical (unpaired) electrons. The zero-order chi connectivity index (χ0) is 16.8. The topological polar surface area (TPSA) is 67.2 Å². The molecule has 5 nitrogen and oxygen atoms in total. The number of carbonyl (C=O) groups is 1. The average Bonchev–Trinajstić information content (AvgIpc) is 2.86. The van der Waals surface area contributed by atoms with Crippen molar-refractivity contribution in [2.24, 2.45) is 0 Å². The fraction of sp³-hybridized carbons (Fsp3) is 0.333. The molecule has 0 spiro atoms. The van der Waals surface area contributed by atoms with E-state index in [4.69, 9.17) is 0 Å². The molecular formula is C15H14F3N3O2. The highest BCUT2D eigenvalue weighted by atomic mass is 19.4. The molecule has 2 N–H and O–H groups in total. The van der Waals surface area contributed by atoms with Gasteiger partial charge in [0.25, 0.3) is 0 Å². The van der Waals surface area contributed by atoms with Gasteiger partial charge in [-0.05, 0) is 6.92 Å². The Balaban J connectivity index is 2.32. The smallest absolute Gasteiger partial charge is 0.376 e. The SMILES string of the molecule is CCn1nc(-c2ccccc2)c2c1NC(=O)CC2(O)C(F)(F)F. The number of alkyl halides is 3. The first-order valence-electron chi connectivity index (χ1n) is 7.03. The van der Waals surface area contributed by atoms with Crippen LogP contribution in [0.3, 0.4) is 0 Å². The third kappa shape index (κ3) is 2.29. The van der Waals surface area contributed by atoms with Gasteiger partial charge in [0.1, 0.15) is 11.5 Å². The number of hydrogen-bond acceptors (Lipinski definition) is 3. The van der Waals surface area contributed by atoms with E-state index in [0.29, 0.717) is 5.56 Å². The Morgan fingerprint density at radius 1 is 1.35 bits per heavy atom. The lowest BCUT2D eigenvalue weighted by Gasteiger charge is -2.34. The molecule has 0 fully saturated rings. The Morgan fingerprint density at radius 2 is 2.00 bits per heavy atom. The van der Waals surface area contributed by atoms with E-state index in [1.165, 1.54) is 4.68 Å². The van der Waals surface area contributed by atoms with Gasteiger partial charge in [0.05, 0.1) is 12.0 Å². The zero-order valence-corrected chi connectivity index (χ0v) is 12.2. The molecule has 2 aromatic rings. The van der Waals surface area contributed by atoms with E-state index in [-0.39, 0.29) is 18.1 Å². The van der Waals surface area contributed by atoms with Crippen LogP contribution >= 0.6 is 0 Å². The first-order chi connectivity index (χ1) is 10.8. The number of aliphatic hydroxyl groups is 1. The van der Waals surface area contributed by atoms with E-state index >= 15 is 0 Å². The molecule has 1 atom stereocenters. The van der Waals surface area contributed by atoms with Gasteiger partial charge < -0.3 is 10.4 Å². The fourth-order valence-corrected chi connectivity index (χ4v) is 2.75. The van der Waals surface area contributed by atoms with Crippen molar-refractivity contribution in [3.63, 3.8) is 0 Å². The van der Waals surface area contributed by atoms with Crippen LogP contribution in [0.2, 0.25) is 0 Å². The monoisotopic (exact) mass is 325 g/mol. The van der Waals surface area contributed by atoms with Gasteiger partial charge in [0.2, 0.25) is 5.91 Å². The number of hydrogen-bond donors (Lipinski definition) is 2. The Kier molecular flexibility index (Phi) is 3.44. The molecule has 0 aliphatic carbocycles. The second kappa shape index (κ2) is 5.09. The summed E-state index contributed by atoms with van der Waals surface area (Å²) in [5, 5.41) is 16.9. The second-order valence-corrected chi connectivity index (χ2v) is 5.34. The molecule has 1 aromatic heterocycles. The number of benzene rings is 1. The molecule has 1 amide bonds. The Labute approximate surface area is 129 Å². The summed E-state index contributed by atoms with van der Waals surface area (Å²) in [5.41, 5.74) is -3.21. The summed E-state index contributed by atoms with van der Waals surface area (Å²) >= 11 is 0. The first kappa shape index (κ1) is 15.5. The fourth-order valence-electron chi connectivity index (χ4n) is 2.75. The van der Waals surface area contributed by atoms with E-state index in [1.54, 1.807) is 37.3 Å². The molecule has 23 heavy (non-hydrogen) atoms. The minimum absolute atomic E-state index is 0.0160. The summed E-state index contributed by atoms with van der Waals surface area (Å²) < 4.78 is 41.8. The van der Waals surface area contributed by atoms with Gasteiger partial charge in [-0.25, -0.2) is 4.68 Å². The normalized spacial score (nSPS) is 21.0. The van der Waals surface area contributed by atoms with Crippen molar-refractivity contribution in [3.8, 4) is 11.3 Å². The van der Waals surface area contributed by atoms with Gasteiger partial charge in [-0.2, -0.15) is 18.3 Å². The molecule has 3 rings (SSSR count). The number of fused-ring (bicyclic) bond motifs is 1. The van der Waals surface area contributed by atoms with E-state index in [2.05, 4.69) is 10.4 Å². The van der Waals surface area contributed by atoms with Crippen LogP contribution in [0, 0.1) is 0 Å². The van der Waals surface area contributed by atoms with Crippen LogP contribution in [0.15, 0.2) is 30.3 Å². The standard InChI is InChI=1S/C15H14F3N3O2/c1-2-21-13-11(12(20-21)9-6-4-3-5-7-9)14(23,15(16,17)18)8-10(22)19-13/h3-7,23H,2,8H2,1H3,(H,19,22). The molecule has 0 bridgehead atoms. The van der Waals surface area contributed by atoms with Crippen LogP contribution in [0.5, 0.6) is 0 Å². The van der Waals surface area contributed by atoms with E-state index in [0.717, 1.165) is 0 Å². The van der Waals surface area contributed by atoms with Crippen LogP contribution < -0.4 is 5.32 Å². The maximum Gasteiger partial charge on any atom is 0.422 e. The minimum Gasteiger partial charge on any atom is -0.376 e. The third-order valence-corrected chi connectivity index (χ3v) is 3.86. The molecule has 122 valence electrons. The number of nitrogens with one attached hydrogen (secondary N) is 1. The van der Waals surface area contributed by atoms with E-state index < -0.39 is 29.7 Å². The Morgan fingerprint density at radius 3 is 2.57 bits per heavy atom. The third-order valence-electron chi connectivity index (χ3n) is 3.86. The summed E-state index contributed by atoms with van der Waals surface area (Å²) in [4.78, 5) is 11.7. The van der Waals surface area contributed by atoms with Gasteiger partial charge >= 0.3 is 6.18 Å². The van der Waals surface area contributed by atoms with Crippen molar-refractivity contribution in [2.45, 2.75) is 31.7 Å². The zero-order valence-electron chi connectivity index (χ0n) is 12.2. The van der Waals surface area contributed by atoms with Gasteiger partial charge in [0.15, 0.2) is 5.60 Å². The van der Waals surface area contributed by atoms with Crippen molar-refractivity contribution in [1.29, 1.82) is 0 Å². The molecule has 2 heterocycles. The average molecular weight is 325 g/mol. The van der Waals surface area contributed by atoms with Crippen LogP contribution in [-0.4, -0.2) is 27.0 Å². The molecule has 0 saturated carbocycles. The van der Waals surface area contributed by atoms with Crippen molar-refractivity contribution in [1.82, 2.24) is 9.78 Å². The molecule has 1 aromatic carbocycles. The molecular weight excluding hydrogens is 311 g/mol. The maximum absolute atomic E-state index is 13.5. The van der Waals surface area contributed by atoms with Gasteiger partial charge in [-0.3, -0.25) is 4.79 Å².